The highest BCUT2D eigenvalue weighted by Crippen LogP contribution is 2.10. The standard InChI is InChI=1S/C22H32N2O3/c1-23(21-9-5-3-6-10-21)13-15-25-17-19-27-20-18-26-16-14-24(2)22-11-7-4-8-12-22/h3-12H,13-20H2,1-2H3. The number of benzene rings is 2. The third-order valence-corrected chi connectivity index (χ3v) is 4.28. The highest BCUT2D eigenvalue weighted by molar-refractivity contribution is 5.45. The maximum atomic E-state index is 5.62. The summed E-state index contributed by atoms with van der Waals surface area (Å²) in [6, 6.07) is 20.6. The quantitative estimate of drug-likeness (QED) is 0.475. The molecule has 0 amide bonds. The fourth-order valence-electron chi connectivity index (χ4n) is 2.57. The van der Waals surface area contributed by atoms with E-state index >= 15 is 0 Å². The summed E-state index contributed by atoms with van der Waals surface area (Å²) in [5.74, 6) is 0. The first-order chi connectivity index (χ1) is 13.3. The van der Waals surface area contributed by atoms with E-state index in [1.807, 2.05) is 36.4 Å². The van der Waals surface area contributed by atoms with Gasteiger partial charge in [-0.3, -0.25) is 0 Å². The monoisotopic (exact) mass is 372 g/mol. The summed E-state index contributed by atoms with van der Waals surface area (Å²) in [6.07, 6.45) is 0. The molecule has 2 aromatic rings. The molecule has 5 nitrogen and oxygen atoms in total. The fourth-order valence-corrected chi connectivity index (χ4v) is 2.57. The number of rotatable bonds is 14. The molecule has 0 aliphatic rings. The molecule has 27 heavy (non-hydrogen) atoms. The predicted molar refractivity (Wildman–Crippen MR) is 112 cm³/mol. The molecule has 0 saturated heterocycles. The van der Waals surface area contributed by atoms with Crippen molar-refractivity contribution >= 4 is 11.4 Å². The molecule has 0 aliphatic heterocycles. The van der Waals surface area contributed by atoms with Crippen LogP contribution in [0.2, 0.25) is 0 Å². The highest BCUT2D eigenvalue weighted by atomic mass is 16.5. The van der Waals surface area contributed by atoms with Crippen LogP contribution in [-0.4, -0.2) is 66.8 Å². The van der Waals surface area contributed by atoms with Gasteiger partial charge >= 0.3 is 0 Å². The van der Waals surface area contributed by atoms with E-state index in [4.69, 9.17) is 14.2 Å². The van der Waals surface area contributed by atoms with Crippen LogP contribution in [0.1, 0.15) is 0 Å². The van der Waals surface area contributed by atoms with Gasteiger partial charge in [0.15, 0.2) is 0 Å². The average Bonchev–Trinajstić information content (AvgIpc) is 2.73. The van der Waals surface area contributed by atoms with Crippen molar-refractivity contribution in [3.63, 3.8) is 0 Å². The second-order valence-electron chi connectivity index (χ2n) is 6.35. The molecule has 148 valence electrons. The molecule has 0 saturated carbocycles. The number of para-hydroxylation sites is 2. The minimum Gasteiger partial charge on any atom is -0.377 e. The summed E-state index contributed by atoms with van der Waals surface area (Å²) in [5, 5.41) is 0. The third-order valence-electron chi connectivity index (χ3n) is 4.28. The molecule has 0 N–H and O–H groups in total. The van der Waals surface area contributed by atoms with Gasteiger partial charge in [-0.1, -0.05) is 36.4 Å². The highest BCUT2D eigenvalue weighted by Gasteiger charge is 2.00. The van der Waals surface area contributed by atoms with Crippen LogP contribution >= 0.6 is 0 Å². The Morgan fingerprint density at radius 3 is 1.22 bits per heavy atom. The van der Waals surface area contributed by atoms with Crippen LogP contribution in [0.25, 0.3) is 0 Å². The predicted octanol–water partition coefficient (Wildman–Crippen LogP) is 3.31. The molecule has 0 spiro atoms. The van der Waals surface area contributed by atoms with Crippen molar-refractivity contribution in [3.8, 4) is 0 Å². The van der Waals surface area contributed by atoms with Crippen molar-refractivity contribution in [1.82, 2.24) is 0 Å². The number of nitrogens with zero attached hydrogens (tertiary/aromatic N) is 2. The summed E-state index contributed by atoms with van der Waals surface area (Å²) in [5.41, 5.74) is 2.40. The number of anilines is 2. The Balaban J connectivity index is 1.38. The second kappa shape index (κ2) is 13.1. The van der Waals surface area contributed by atoms with E-state index in [1.165, 1.54) is 11.4 Å². The maximum absolute atomic E-state index is 5.62. The smallest absolute Gasteiger partial charge is 0.0701 e. The van der Waals surface area contributed by atoms with Gasteiger partial charge in [0.2, 0.25) is 0 Å². The summed E-state index contributed by atoms with van der Waals surface area (Å²) in [7, 11) is 4.14. The molecule has 5 heteroatoms. The van der Waals surface area contributed by atoms with Crippen molar-refractivity contribution in [1.29, 1.82) is 0 Å². The normalized spacial score (nSPS) is 10.7. The third kappa shape index (κ3) is 8.91. The van der Waals surface area contributed by atoms with Gasteiger partial charge in [0, 0.05) is 38.6 Å². The molecule has 0 fully saturated rings. The SMILES string of the molecule is CN(CCOCCOCCOCCN(C)c1ccccc1)c1ccccc1. The fraction of sp³-hybridized carbons (Fsp3) is 0.455. The number of hydrogen-bond donors (Lipinski definition) is 0. The first-order valence-electron chi connectivity index (χ1n) is 9.53. The molecule has 0 heterocycles. The van der Waals surface area contributed by atoms with Crippen LogP contribution in [0.4, 0.5) is 11.4 Å². The zero-order valence-electron chi connectivity index (χ0n) is 16.5. The molecule has 0 atom stereocenters. The summed E-state index contributed by atoms with van der Waals surface area (Å²) in [4.78, 5) is 4.36. The Morgan fingerprint density at radius 2 is 0.852 bits per heavy atom. The van der Waals surface area contributed by atoms with Gasteiger partial charge in [-0.05, 0) is 24.3 Å². The van der Waals surface area contributed by atoms with Gasteiger partial charge in [-0.15, -0.1) is 0 Å². The Morgan fingerprint density at radius 1 is 0.519 bits per heavy atom. The Labute approximate surface area is 163 Å². The first kappa shape index (κ1) is 21.2. The van der Waals surface area contributed by atoms with Crippen LogP contribution in [0.3, 0.4) is 0 Å². The zero-order chi connectivity index (χ0) is 19.2. The first-order valence-corrected chi connectivity index (χ1v) is 9.53. The second-order valence-corrected chi connectivity index (χ2v) is 6.35. The van der Waals surface area contributed by atoms with Crippen LogP contribution in [-0.2, 0) is 14.2 Å². The molecule has 2 rings (SSSR count). The van der Waals surface area contributed by atoms with Crippen LogP contribution in [0.5, 0.6) is 0 Å². The number of likely N-dealkylation sites (N-methyl/N-ethyl adjacent to an activating group) is 2. The molecule has 0 aliphatic carbocycles. The zero-order valence-corrected chi connectivity index (χ0v) is 16.5. The van der Waals surface area contributed by atoms with E-state index < -0.39 is 0 Å². The Kier molecular flexibility index (Phi) is 10.3. The van der Waals surface area contributed by atoms with E-state index in [-0.39, 0.29) is 0 Å². The van der Waals surface area contributed by atoms with E-state index in [9.17, 15) is 0 Å². The summed E-state index contributed by atoms with van der Waals surface area (Å²) < 4.78 is 16.8. The van der Waals surface area contributed by atoms with Gasteiger partial charge in [-0.25, -0.2) is 0 Å². The van der Waals surface area contributed by atoms with Crippen molar-refractivity contribution in [2.24, 2.45) is 0 Å². The van der Waals surface area contributed by atoms with Crippen molar-refractivity contribution < 1.29 is 14.2 Å². The van der Waals surface area contributed by atoms with Gasteiger partial charge in [-0.2, -0.15) is 0 Å². The molecule has 2 aromatic carbocycles. The lowest BCUT2D eigenvalue weighted by atomic mass is 10.3. The van der Waals surface area contributed by atoms with E-state index in [0.29, 0.717) is 39.6 Å². The number of ether oxygens (including phenoxy) is 3. The van der Waals surface area contributed by atoms with E-state index in [0.717, 1.165) is 13.1 Å². The van der Waals surface area contributed by atoms with E-state index in [2.05, 4.69) is 48.2 Å². The van der Waals surface area contributed by atoms with Crippen molar-refractivity contribution in [3.05, 3.63) is 60.7 Å². The van der Waals surface area contributed by atoms with Gasteiger partial charge < -0.3 is 24.0 Å². The lowest BCUT2D eigenvalue weighted by Crippen LogP contribution is -2.24. The minimum absolute atomic E-state index is 0.600. The van der Waals surface area contributed by atoms with Crippen LogP contribution < -0.4 is 9.80 Å². The molecule has 0 bridgehead atoms. The maximum Gasteiger partial charge on any atom is 0.0701 e. The van der Waals surface area contributed by atoms with Gasteiger partial charge in [0.1, 0.15) is 0 Å². The van der Waals surface area contributed by atoms with Crippen molar-refractivity contribution in [2.45, 2.75) is 0 Å². The van der Waals surface area contributed by atoms with Gasteiger partial charge in [0.05, 0.1) is 39.6 Å². The molecule has 0 aromatic heterocycles. The molecule has 0 unspecified atom stereocenters. The van der Waals surface area contributed by atoms with Crippen LogP contribution in [0, 0.1) is 0 Å². The van der Waals surface area contributed by atoms with E-state index in [1.54, 1.807) is 0 Å². The van der Waals surface area contributed by atoms with Crippen molar-refractivity contribution in [2.75, 3.05) is 76.6 Å². The molecular formula is C22H32N2O3. The molecular weight excluding hydrogens is 340 g/mol. The Bertz CT molecular complexity index is 542. The lowest BCUT2D eigenvalue weighted by Gasteiger charge is -2.19. The number of hydrogen-bond acceptors (Lipinski definition) is 5. The summed E-state index contributed by atoms with van der Waals surface area (Å²) in [6.45, 7) is 5.53. The molecule has 0 radical (unpaired) electrons. The topological polar surface area (TPSA) is 34.2 Å². The largest absolute Gasteiger partial charge is 0.377 e. The lowest BCUT2D eigenvalue weighted by molar-refractivity contribution is 0.0173. The van der Waals surface area contributed by atoms with Gasteiger partial charge in [0.25, 0.3) is 0 Å². The minimum atomic E-state index is 0.600. The Hall–Kier alpha value is -2.08. The van der Waals surface area contributed by atoms with Crippen LogP contribution in [0.15, 0.2) is 60.7 Å². The summed E-state index contributed by atoms with van der Waals surface area (Å²) >= 11 is 0. The average molecular weight is 373 g/mol.